The number of nitrogens with zero attached hydrogens (tertiary/aromatic N) is 2. The Balaban J connectivity index is 1.79. The van der Waals surface area contributed by atoms with Crippen LogP contribution in [0.25, 0.3) is 11.3 Å². The third-order valence-electron chi connectivity index (χ3n) is 3.39. The molecule has 0 saturated heterocycles. The Morgan fingerprint density at radius 2 is 1.59 bits per heavy atom. The van der Waals surface area contributed by atoms with E-state index in [-0.39, 0.29) is 0 Å². The molecule has 0 atom stereocenters. The van der Waals surface area contributed by atoms with Crippen LogP contribution in [0.4, 0.5) is 0 Å². The van der Waals surface area contributed by atoms with Gasteiger partial charge >= 0.3 is 0 Å². The van der Waals surface area contributed by atoms with Gasteiger partial charge in [-0.05, 0) is 25.5 Å². The van der Waals surface area contributed by atoms with Gasteiger partial charge in [0.05, 0.1) is 5.69 Å². The molecule has 0 unspecified atom stereocenters. The molecule has 0 aliphatic rings. The zero-order chi connectivity index (χ0) is 15.4. The second kappa shape index (κ2) is 6.75. The van der Waals surface area contributed by atoms with Crippen molar-refractivity contribution >= 4 is 11.8 Å². The number of benzene rings is 2. The standard InChI is InChI=1S/C19H18N2S/c1-14-8-10-16(11-9-14)13-22-19-20-15(2)12-18(21-19)17-6-4-3-5-7-17/h3-12H,13H2,1-2H3. The number of rotatable bonds is 4. The molecule has 22 heavy (non-hydrogen) atoms. The van der Waals surface area contributed by atoms with Crippen molar-refractivity contribution in [2.75, 3.05) is 0 Å². The predicted molar refractivity (Wildman–Crippen MR) is 92.9 cm³/mol. The van der Waals surface area contributed by atoms with Gasteiger partial charge in [0, 0.05) is 17.0 Å². The first kappa shape index (κ1) is 14.8. The number of aromatic nitrogens is 2. The highest BCUT2D eigenvalue weighted by atomic mass is 32.2. The third-order valence-corrected chi connectivity index (χ3v) is 4.31. The topological polar surface area (TPSA) is 25.8 Å². The highest BCUT2D eigenvalue weighted by Gasteiger charge is 2.05. The second-order valence-electron chi connectivity index (χ2n) is 5.32. The second-order valence-corrected chi connectivity index (χ2v) is 6.26. The lowest BCUT2D eigenvalue weighted by Crippen LogP contribution is -1.94. The van der Waals surface area contributed by atoms with E-state index in [9.17, 15) is 0 Å². The average molecular weight is 306 g/mol. The van der Waals surface area contributed by atoms with E-state index in [0.717, 1.165) is 27.9 Å². The van der Waals surface area contributed by atoms with Crippen molar-refractivity contribution in [3.63, 3.8) is 0 Å². The highest BCUT2D eigenvalue weighted by Crippen LogP contribution is 2.24. The van der Waals surface area contributed by atoms with Crippen LogP contribution in [0.3, 0.4) is 0 Å². The normalized spacial score (nSPS) is 10.6. The first-order valence-corrected chi connectivity index (χ1v) is 8.29. The molecule has 2 aromatic carbocycles. The Kier molecular flexibility index (Phi) is 4.54. The summed E-state index contributed by atoms with van der Waals surface area (Å²) in [7, 11) is 0. The van der Waals surface area contributed by atoms with Crippen LogP contribution < -0.4 is 0 Å². The van der Waals surface area contributed by atoms with E-state index < -0.39 is 0 Å². The third kappa shape index (κ3) is 3.74. The van der Waals surface area contributed by atoms with Gasteiger partial charge in [-0.2, -0.15) is 0 Å². The minimum Gasteiger partial charge on any atom is -0.228 e. The first-order valence-electron chi connectivity index (χ1n) is 7.30. The Hall–Kier alpha value is -2.13. The zero-order valence-corrected chi connectivity index (χ0v) is 13.6. The molecule has 3 aromatic rings. The van der Waals surface area contributed by atoms with Gasteiger partial charge < -0.3 is 0 Å². The average Bonchev–Trinajstić information content (AvgIpc) is 2.55. The summed E-state index contributed by atoms with van der Waals surface area (Å²) in [6.07, 6.45) is 0. The summed E-state index contributed by atoms with van der Waals surface area (Å²) in [6.45, 7) is 4.12. The van der Waals surface area contributed by atoms with Gasteiger partial charge in [0.25, 0.3) is 0 Å². The van der Waals surface area contributed by atoms with E-state index in [1.807, 2.05) is 31.2 Å². The van der Waals surface area contributed by atoms with E-state index in [0.29, 0.717) is 0 Å². The zero-order valence-electron chi connectivity index (χ0n) is 12.8. The van der Waals surface area contributed by atoms with E-state index in [4.69, 9.17) is 0 Å². The number of hydrogen-bond acceptors (Lipinski definition) is 3. The minimum absolute atomic E-state index is 0.833. The van der Waals surface area contributed by atoms with Crippen molar-refractivity contribution in [1.29, 1.82) is 0 Å². The Labute approximate surface area is 135 Å². The molecule has 0 fully saturated rings. The molecule has 0 saturated carbocycles. The van der Waals surface area contributed by atoms with E-state index in [1.165, 1.54) is 11.1 Å². The minimum atomic E-state index is 0.833. The SMILES string of the molecule is Cc1ccc(CSc2nc(C)cc(-c3ccccc3)n2)cc1. The van der Waals surface area contributed by atoms with Crippen LogP contribution in [0.15, 0.2) is 65.8 Å². The van der Waals surface area contributed by atoms with Gasteiger partial charge in [-0.1, -0.05) is 71.9 Å². The number of thioether (sulfide) groups is 1. The number of aryl methyl sites for hydroxylation is 2. The summed E-state index contributed by atoms with van der Waals surface area (Å²) in [5, 5.41) is 0.833. The summed E-state index contributed by atoms with van der Waals surface area (Å²) in [4.78, 5) is 9.23. The van der Waals surface area contributed by atoms with Crippen molar-refractivity contribution in [3.8, 4) is 11.3 Å². The van der Waals surface area contributed by atoms with Crippen molar-refractivity contribution in [1.82, 2.24) is 9.97 Å². The molecule has 0 radical (unpaired) electrons. The molecule has 110 valence electrons. The monoisotopic (exact) mass is 306 g/mol. The summed E-state index contributed by atoms with van der Waals surface area (Å²) < 4.78 is 0. The molecule has 0 amide bonds. The lowest BCUT2D eigenvalue weighted by atomic mass is 10.1. The van der Waals surface area contributed by atoms with Gasteiger partial charge in [-0.15, -0.1) is 0 Å². The molecule has 1 heterocycles. The smallest absolute Gasteiger partial charge is 0.188 e. The summed E-state index contributed by atoms with van der Waals surface area (Å²) in [5.74, 6) is 0.887. The maximum atomic E-state index is 4.69. The Morgan fingerprint density at radius 1 is 0.864 bits per heavy atom. The maximum Gasteiger partial charge on any atom is 0.188 e. The van der Waals surface area contributed by atoms with Crippen LogP contribution >= 0.6 is 11.8 Å². The van der Waals surface area contributed by atoms with Crippen LogP contribution in [0.2, 0.25) is 0 Å². The van der Waals surface area contributed by atoms with Crippen molar-refractivity contribution in [3.05, 3.63) is 77.5 Å². The Bertz CT molecular complexity index is 752. The van der Waals surface area contributed by atoms with Gasteiger partial charge in [-0.3, -0.25) is 0 Å². The lowest BCUT2D eigenvalue weighted by Gasteiger charge is -2.06. The quantitative estimate of drug-likeness (QED) is 0.498. The fourth-order valence-corrected chi connectivity index (χ4v) is 3.05. The Morgan fingerprint density at radius 3 is 2.32 bits per heavy atom. The molecule has 3 rings (SSSR count). The van der Waals surface area contributed by atoms with E-state index >= 15 is 0 Å². The van der Waals surface area contributed by atoms with Gasteiger partial charge in [0.1, 0.15) is 0 Å². The fraction of sp³-hybridized carbons (Fsp3) is 0.158. The van der Waals surface area contributed by atoms with E-state index in [2.05, 4.69) is 53.3 Å². The van der Waals surface area contributed by atoms with E-state index in [1.54, 1.807) is 11.8 Å². The molecule has 0 bridgehead atoms. The summed E-state index contributed by atoms with van der Waals surface area (Å²) >= 11 is 1.68. The molecule has 2 nitrogen and oxygen atoms in total. The van der Waals surface area contributed by atoms with Crippen LogP contribution in [0.5, 0.6) is 0 Å². The lowest BCUT2D eigenvalue weighted by molar-refractivity contribution is 0.937. The van der Waals surface area contributed by atoms with Crippen molar-refractivity contribution < 1.29 is 0 Å². The molecule has 3 heteroatoms. The molecule has 0 N–H and O–H groups in total. The number of hydrogen-bond donors (Lipinski definition) is 0. The fourth-order valence-electron chi connectivity index (χ4n) is 2.19. The van der Waals surface area contributed by atoms with Crippen molar-refractivity contribution in [2.45, 2.75) is 24.8 Å². The van der Waals surface area contributed by atoms with Gasteiger partial charge in [0.2, 0.25) is 0 Å². The first-order chi connectivity index (χ1) is 10.7. The highest BCUT2D eigenvalue weighted by molar-refractivity contribution is 7.98. The molecular weight excluding hydrogens is 288 g/mol. The molecular formula is C19H18N2S. The molecule has 1 aromatic heterocycles. The van der Waals surface area contributed by atoms with Crippen LogP contribution in [0, 0.1) is 13.8 Å². The van der Waals surface area contributed by atoms with Gasteiger partial charge in [-0.25, -0.2) is 9.97 Å². The molecule has 0 spiro atoms. The van der Waals surface area contributed by atoms with Crippen LogP contribution in [-0.2, 0) is 5.75 Å². The largest absolute Gasteiger partial charge is 0.228 e. The summed E-state index contributed by atoms with van der Waals surface area (Å²) in [6, 6.07) is 20.9. The van der Waals surface area contributed by atoms with Gasteiger partial charge in [0.15, 0.2) is 5.16 Å². The molecule has 0 aliphatic heterocycles. The van der Waals surface area contributed by atoms with Crippen molar-refractivity contribution in [2.24, 2.45) is 0 Å². The van der Waals surface area contributed by atoms with Crippen LogP contribution in [-0.4, -0.2) is 9.97 Å². The predicted octanol–water partition coefficient (Wildman–Crippen LogP) is 5.05. The maximum absolute atomic E-state index is 4.69. The molecule has 0 aliphatic carbocycles. The summed E-state index contributed by atoms with van der Waals surface area (Å²) in [5.41, 5.74) is 5.69. The van der Waals surface area contributed by atoms with Crippen LogP contribution in [0.1, 0.15) is 16.8 Å².